The predicted molar refractivity (Wildman–Crippen MR) is 91.4 cm³/mol. The van der Waals surface area contributed by atoms with Crippen molar-refractivity contribution in [2.45, 2.75) is 0 Å². The number of nitrogens with one attached hydrogen (secondary N) is 1. The van der Waals surface area contributed by atoms with Gasteiger partial charge in [-0.3, -0.25) is 4.79 Å². The van der Waals surface area contributed by atoms with Gasteiger partial charge in [-0.2, -0.15) is 0 Å². The largest absolute Gasteiger partial charge is 0.477 e. The van der Waals surface area contributed by atoms with Gasteiger partial charge in [0.1, 0.15) is 0 Å². The number of para-hydroxylation sites is 1. The molecule has 130 valence electrons. The van der Waals surface area contributed by atoms with E-state index in [0.29, 0.717) is 22.7 Å². The fraction of sp³-hybridized carbons (Fsp3) is 0.0526. The summed E-state index contributed by atoms with van der Waals surface area (Å²) in [6, 6.07) is 14.0. The summed E-state index contributed by atoms with van der Waals surface area (Å²) in [5.41, 5.74) is 0.794. The summed E-state index contributed by atoms with van der Waals surface area (Å²) in [6.07, 6.45) is 1.47. The van der Waals surface area contributed by atoms with Crippen LogP contribution in [0.2, 0.25) is 0 Å². The highest BCUT2D eigenvalue weighted by molar-refractivity contribution is 6.26. The first kappa shape index (κ1) is 15.8. The van der Waals surface area contributed by atoms with Gasteiger partial charge in [0, 0.05) is 5.69 Å². The Morgan fingerprint density at radius 1 is 1.08 bits per heavy atom. The van der Waals surface area contributed by atoms with Crippen molar-refractivity contribution in [2.24, 2.45) is 0 Å². The Kier molecular flexibility index (Phi) is 3.81. The molecule has 26 heavy (non-hydrogen) atoms. The minimum atomic E-state index is -1.36. The van der Waals surface area contributed by atoms with E-state index < -0.39 is 17.3 Å². The molecule has 2 heterocycles. The number of aliphatic carboxylic acids is 1. The summed E-state index contributed by atoms with van der Waals surface area (Å²) in [5, 5.41) is 12.2. The van der Waals surface area contributed by atoms with Gasteiger partial charge in [0.05, 0.1) is 0 Å². The number of ether oxygens (including phenoxy) is 3. The highest BCUT2D eigenvalue weighted by atomic mass is 16.7. The smallest absolute Gasteiger partial charge is 0.345 e. The number of hydrogen-bond acceptors (Lipinski definition) is 6. The molecular weight excluding hydrogens is 338 g/mol. The molecule has 2 N–H and O–H groups in total. The molecule has 2 aromatic rings. The lowest BCUT2D eigenvalue weighted by atomic mass is 10.1. The van der Waals surface area contributed by atoms with E-state index in [9.17, 15) is 14.7 Å². The summed E-state index contributed by atoms with van der Waals surface area (Å²) in [6.45, 7) is 0.140. The summed E-state index contributed by atoms with van der Waals surface area (Å²) < 4.78 is 16.0. The van der Waals surface area contributed by atoms with Crippen LogP contribution < -0.4 is 14.8 Å². The minimum absolute atomic E-state index is 0.0836. The van der Waals surface area contributed by atoms with Crippen LogP contribution in [0.5, 0.6) is 11.5 Å². The molecule has 0 saturated heterocycles. The molecule has 7 heteroatoms. The zero-order valence-corrected chi connectivity index (χ0v) is 13.4. The molecule has 4 rings (SSSR count). The summed E-state index contributed by atoms with van der Waals surface area (Å²) in [7, 11) is 0. The first-order chi connectivity index (χ1) is 12.6. The normalized spacial score (nSPS) is 16.8. The lowest BCUT2D eigenvalue weighted by Crippen LogP contribution is -2.12. The zero-order valence-electron chi connectivity index (χ0n) is 13.4. The van der Waals surface area contributed by atoms with E-state index in [4.69, 9.17) is 14.2 Å². The third-order valence-electron chi connectivity index (χ3n) is 3.83. The SMILES string of the molecule is O=C(O)C1=C(Nc2ccccc2)OC(=Cc2ccc3c(c2)OCO3)C1=O. The Morgan fingerprint density at radius 3 is 2.62 bits per heavy atom. The lowest BCUT2D eigenvalue weighted by Gasteiger charge is -2.07. The van der Waals surface area contributed by atoms with Crippen molar-refractivity contribution < 1.29 is 28.9 Å². The number of carboxylic acids is 1. The van der Waals surface area contributed by atoms with Crippen LogP contribution in [0.3, 0.4) is 0 Å². The van der Waals surface area contributed by atoms with E-state index in [1.165, 1.54) is 6.08 Å². The molecule has 0 aromatic heterocycles. The highest BCUT2D eigenvalue weighted by Crippen LogP contribution is 2.34. The number of carbonyl (C=O) groups is 2. The Hall–Kier alpha value is -3.74. The number of carbonyl (C=O) groups excluding carboxylic acids is 1. The van der Waals surface area contributed by atoms with Gasteiger partial charge in [0.2, 0.25) is 18.5 Å². The Morgan fingerprint density at radius 2 is 1.85 bits per heavy atom. The number of anilines is 1. The molecule has 2 aliphatic rings. The van der Waals surface area contributed by atoms with Crippen LogP contribution in [-0.4, -0.2) is 23.7 Å². The first-order valence-corrected chi connectivity index (χ1v) is 7.75. The summed E-state index contributed by atoms with van der Waals surface area (Å²) >= 11 is 0. The molecule has 0 amide bonds. The molecule has 0 saturated carbocycles. The quantitative estimate of drug-likeness (QED) is 0.646. The molecule has 0 fully saturated rings. The van der Waals surface area contributed by atoms with E-state index >= 15 is 0 Å². The molecule has 0 atom stereocenters. The number of rotatable bonds is 4. The standard InChI is InChI=1S/C19H13NO6/c21-17-15(9-11-6-7-13-14(8-11)25-10-24-13)26-18(16(17)19(22)23)20-12-4-2-1-3-5-12/h1-9,20H,10H2,(H,22,23). The molecule has 7 nitrogen and oxygen atoms in total. The third-order valence-corrected chi connectivity index (χ3v) is 3.83. The summed E-state index contributed by atoms with van der Waals surface area (Å²) in [5.74, 6) is -1.09. The van der Waals surface area contributed by atoms with Crippen molar-refractivity contribution in [3.8, 4) is 11.5 Å². The maximum Gasteiger partial charge on any atom is 0.345 e. The predicted octanol–water partition coefficient (Wildman–Crippen LogP) is 2.76. The Balaban J connectivity index is 1.64. The van der Waals surface area contributed by atoms with Crippen molar-refractivity contribution >= 4 is 23.5 Å². The zero-order chi connectivity index (χ0) is 18.1. The summed E-state index contributed by atoms with van der Waals surface area (Å²) in [4.78, 5) is 24.0. The van der Waals surface area contributed by atoms with Crippen molar-refractivity contribution in [1.82, 2.24) is 0 Å². The van der Waals surface area contributed by atoms with Crippen LogP contribution in [0.25, 0.3) is 6.08 Å². The molecule has 0 aliphatic carbocycles. The fourth-order valence-corrected chi connectivity index (χ4v) is 2.62. The van der Waals surface area contributed by atoms with Crippen LogP contribution in [0.4, 0.5) is 5.69 Å². The van der Waals surface area contributed by atoms with Gasteiger partial charge in [0.25, 0.3) is 0 Å². The van der Waals surface area contributed by atoms with Crippen molar-refractivity contribution in [3.05, 3.63) is 71.3 Å². The Bertz CT molecular complexity index is 961. The van der Waals surface area contributed by atoms with Gasteiger partial charge in [-0.15, -0.1) is 0 Å². The van der Waals surface area contributed by atoms with Crippen LogP contribution >= 0.6 is 0 Å². The Labute approximate surface area is 148 Å². The third kappa shape index (κ3) is 2.86. The second-order valence-electron chi connectivity index (χ2n) is 5.55. The van der Waals surface area contributed by atoms with E-state index in [2.05, 4.69) is 5.32 Å². The van der Waals surface area contributed by atoms with Gasteiger partial charge in [-0.25, -0.2) is 4.79 Å². The minimum Gasteiger partial charge on any atom is -0.477 e. The molecule has 2 aromatic carbocycles. The van der Waals surface area contributed by atoms with E-state index in [-0.39, 0.29) is 18.4 Å². The molecule has 0 spiro atoms. The molecule has 0 radical (unpaired) electrons. The van der Waals surface area contributed by atoms with Crippen LogP contribution in [-0.2, 0) is 14.3 Å². The van der Waals surface area contributed by atoms with Crippen LogP contribution in [0, 0.1) is 0 Å². The van der Waals surface area contributed by atoms with Crippen LogP contribution in [0.15, 0.2) is 65.7 Å². The van der Waals surface area contributed by atoms with E-state index in [1.54, 1.807) is 42.5 Å². The average Bonchev–Trinajstić information content (AvgIpc) is 3.20. The van der Waals surface area contributed by atoms with E-state index in [0.717, 1.165) is 0 Å². The molecule has 2 aliphatic heterocycles. The number of Topliss-reactive ketones (excluding diaryl/α,β-unsaturated/α-hetero) is 1. The topological polar surface area (TPSA) is 94.1 Å². The highest BCUT2D eigenvalue weighted by Gasteiger charge is 2.36. The van der Waals surface area contributed by atoms with E-state index in [1.807, 2.05) is 6.07 Å². The van der Waals surface area contributed by atoms with Crippen molar-refractivity contribution in [1.29, 1.82) is 0 Å². The fourth-order valence-electron chi connectivity index (χ4n) is 2.62. The monoisotopic (exact) mass is 351 g/mol. The van der Waals surface area contributed by atoms with Gasteiger partial charge in [0.15, 0.2) is 22.8 Å². The average molecular weight is 351 g/mol. The van der Waals surface area contributed by atoms with Gasteiger partial charge < -0.3 is 24.6 Å². The molecular formula is C19H13NO6. The second kappa shape index (κ2) is 6.29. The molecule has 0 unspecified atom stereocenters. The maximum absolute atomic E-state index is 12.5. The van der Waals surface area contributed by atoms with Crippen LogP contribution in [0.1, 0.15) is 5.56 Å². The van der Waals surface area contributed by atoms with Gasteiger partial charge in [-0.05, 0) is 35.9 Å². The maximum atomic E-state index is 12.5. The van der Waals surface area contributed by atoms with Crippen molar-refractivity contribution in [3.63, 3.8) is 0 Å². The lowest BCUT2D eigenvalue weighted by molar-refractivity contribution is -0.134. The second-order valence-corrected chi connectivity index (χ2v) is 5.55. The van der Waals surface area contributed by atoms with Gasteiger partial charge >= 0.3 is 5.97 Å². The number of carboxylic acid groups (broad SMARTS) is 1. The number of allylic oxidation sites excluding steroid dienone is 1. The number of fused-ring (bicyclic) bond motifs is 1. The first-order valence-electron chi connectivity index (χ1n) is 7.75. The number of hydrogen-bond donors (Lipinski definition) is 2. The number of benzene rings is 2. The molecule has 0 bridgehead atoms. The van der Waals surface area contributed by atoms with Gasteiger partial charge in [-0.1, -0.05) is 24.3 Å². The van der Waals surface area contributed by atoms with Crippen molar-refractivity contribution in [2.75, 3.05) is 12.1 Å². The number of ketones is 1.